The molecule has 0 spiro atoms. The molecule has 0 aromatic heterocycles. The van der Waals surface area contributed by atoms with E-state index in [2.05, 4.69) is 16.0 Å². The number of hydrogen-bond donors (Lipinski definition) is 7. The van der Waals surface area contributed by atoms with E-state index in [0.717, 1.165) is 0 Å². The van der Waals surface area contributed by atoms with Crippen molar-refractivity contribution in [2.24, 2.45) is 11.7 Å². The normalized spacial score (nSPS) is 15.5. The van der Waals surface area contributed by atoms with Gasteiger partial charge in [0.1, 0.15) is 12.1 Å². The average molecular weight is 376 g/mol. The minimum absolute atomic E-state index is 0.0351. The third-order valence-corrected chi connectivity index (χ3v) is 3.41. The van der Waals surface area contributed by atoms with Crippen molar-refractivity contribution in [3.63, 3.8) is 0 Å². The second-order valence-corrected chi connectivity index (χ2v) is 6.26. The fourth-order valence-electron chi connectivity index (χ4n) is 2.07. The first kappa shape index (κ1) is 23.8. The van der Waals surface area contributed by atoms with Gasteiger partial charge >= 0.3 is 5.97 Å². The third kappa shape index (κ3) is 8.23. The number of amides is 3. The molecule has 0 radical (unpaired) electrons. The highest BCUT2D eigenvalue weighted by atomic mass is 16.4. The molecule has 0 heterocycles. The third-order valence-electron chi connectivity index (χ3n) is 3.41. The zero-order valence-electron chi connectivity index (χ0n) is 15.1. The second kappa shape index (κ2) is 11.4. The highest BCUT2D eigenvalue weighted by Crippen LogP contribution is 2.07. The summed E-state index contributed by atoms with van der Waals surface area (Å²) in [7, 11) is 0. The summed E-state index contributed by atoms with van der Waals surface area (Å²) in [6.07, 6.45) is -1.17. The van der Waals surface area contributed by atoms with E-state index in [1.165, 1.54) is 6.92 Å². The van der Waals surface area contributed by atoms with Gasteiger partial charge in [0.05, 0.1) is 19.3 Å². The van der Waals surface area contributed by atoms with Crippen molar-refractivity contribution in [1.82, 2.24) is 16.0 Å². The van der Waals surface area contributed by atoms with E-state index in [9.17, 15) is 29.4 Å². The predicted molar refractivity (Wildman–Crippen MR) is 90.7 cm³/mol. The summed E-state index contributed by atoms with van der Waals surface area (Å²) in [6, 6.07) is -3.97. The number of aliphatic carboxylic acids is 1. The van der Waals surface area contributed by atoms with Gasteiger partial charge in [0.15, 0.2) is 6.04 Å². The van der Waals surface area contributed by atoms with Crippen LogP contribution in [0, 0.1) is 5.92 Å². The summed E-state index contributed by atoms with van der Waals surface area (Å²) >= 11 is 0. The summed E-state index contributed by atoms with van der Waals surface area (Å²) in [6.45, 7) is 3.69. The lowest BCUT2D eigenvalue weighted by Crippen LogP contribution is -2.58. The Bertz CT molecular complexity index is 510. The maximum absolute atomic E-state index is 12.4. The number of nitrogens with one attached hydrogen (secondary N) is 3. The van der Waals surface area contributed by atoms with E-state index in [-0.39, 0.29) is 18.9 Å². The van der Waals surface area contributed by atoms with E-state index in [1.807, 2.05) is 0 Å². The van der Waals surface area contributed by atoms with E-state index in [1.54, 1.807) is 13.8 Å². The first-order valence-corrected chi connectivity index (χ1v) is 8.15. The predicted octanol–water partition coefficient (Wildman–Crippen LogP) is -3.10. The van der Waals surface area contributed by atoms with Gasteiger partial charge in [0.25, 0.3) is 0 Å². The maximum atomic E-state index is 12.4. The monoisotopic (exact) mass is 376 g/mol. The molecule has 8 N–H and O–H groups in total. The Hall–Kier alpha value is -2.24. The SMILES string of the molecule is CC(C)CC(NC(=O)C(CO)NC(=O)CN)C(=O)NC(C(=O)O)C(C)O. The standard InChI is InChI=1S/C15H28N4O7/c1-7(2)4-9(13(23)19-12(8(3)21)15(25)26)18-14(24)10(6-20)17-11(22)5-16/h7-10,12,20-21H,4-6,16H2,1-3H3,(H,17,22)(H,18,24)(H,19,23)(H,25,26). The molecule has 0 aliphatic heterocycles. The molecule has 4 atom stereocenters. The molecule has 0 rings (SSSR count). The van der Waals surface area contributed by atoms with E-state index in [0.29, 0.717) is 0 Å². The van der Waals surface area contributed by atoms with Crippen LogP contribution in [0.3, 0.4) is 0 Å². The summed E-state index contributed by atoms with van der Waals surface area (Å²) in [5, 5.41) is 34.5. The molecule has 0 bridgehead atoms. The fourth-order valence-corrected chi connectivity index (χ4v) is 2.07. The van der Waals surface area contributed by atoms with Gasteiger partial charge in [-0.3, -0.25) is 14.4 Å². The summed E-state index contributed by atoms with van der Waals surface area (Å²) in [4.78, 5) is 46.9. The van der Waals surface area contributed by atoms with Crippen LogP contribution in [0.1, 0.15) is 27.2 Å². The van der Waals surface area contributed by atoms with Gasteiger partial charge in [-0.15, -0.1) is 0 Å². The zero-order valence-corrected chi connectivity index (χ0v) is 15.1. The molecule has 0 aromatic carbocycles. The maximum Gasteiger partial charge on any atom is 0.328 e. The van der Waals surface area contributed by atoms with Gasteiger partial charge in [-0.05, 0) is 19.3 Å². The number of aliphatic hydroxyl groups excluding tert-OH is 2. The van der Waals surface area contributed by atoms with Crippen LogP contribution < -0.4 is 21.7 Å². The number of carboxylic acid groups (broad SMARTS) is 1. The quantitative estimate of drug-likeness (QED) is 0.197. The minimum atomic E-state index is -1.54. The van der Waals surface area contributed by atoms with Crippen molar-refractivity contribution >= 4 is 23.7 Å². The van der Waals surface area contributed by atoms with Gasteiger partial charge in [-0.2, -0.15) is 0 Å². The van der Waals surface area contributed by atoms with Crippen molar-refractivity contribution < 1.29 is 34.5 Å². The summed E-state index contributed by atoms with van der Waals surface area (Å²) in [5.74, 6) is -3.75. The lowest BCUT2D eigenvalue weighted by Gasteiger charge is -2.25. The Morgan fingerprint density at radius 1 is 0.962 bits per heavy atom. The van der Waals surface area contributed by atoms with Crippen LogP contribution in [0.2, 0.25) is 0 Å². The molecule has 0 aliphatic carbocycles. The van der Waals surface area contributed by atoms with Crippen LogP contribution in [0.5, 0.6) is 0 Å². The molecule has 3 amide bonds. The Labute approximate surface area is 151 Å². The van der Waals surface area contributed by atoms with Crippen LogP contribution in [-0.4, -0.2) is 76.4 Å². The fraction of sp³-hybridized carbons (Fsp3) is 0.733. The molecule has 0 aromatic rings. The lowest BCUT2D eigenvalue weighted by atomic mass is 10.0. The molecule has 11 nitrogen and oxygen atoms in total. The first-order valence-electron chi connectivity index (χ1n) is 8.15. The van der Waals surface area contributed by atoms with Crippen LogP contribution in [0.4, 0.5) is 0 Å². The molecular formula is C15H28N4O7. The average Bonchev–Trinajstić information content (AvgIpc) is 2.54. The molecule has 0 aliphatic rings. The molecule has 0 saturated carbocycles. The van der Waals surface area contributed by atoms with Gasteiger partial charge in [0.2, 0.25) is 17.7 Å². The van der Waals surface area contributed by atoms with Gasteiger partial charge < -0.3 is 37.0 Å². The molecule has 4 unspecified atom stereocenters. The number of carboxylic acids is 1. The Morgan fingerprint density at radius 3 is 1.88 bits per heavy atom. The zero-order chi connectivity index (χ0) is 20.4. The Kier molecular flexibility index (Phi) is 10.4. The van der Waals surface area contributed by atoms with E-state index < -0.39 is 54.5 Å². The molecule has 0 fully saturated rings. The first-order chi connectivity index (χ1) is 12.0. The van der Waals surface area contributed by atoms with Gasteiger partial charge in [-0.25, -0.2) is 4.79 Å². The van der Waals surface area contributed by atoms with Crippen molar-refractivity contribution in [3.05, 3.63) is 0 Å². The number of aliphatic hydroxyl groups is 2. The van der Waals surface area contributed by atoms with Crippen LogP contribution in [-0.2, 0) is 19.2 Å². The van der Waals surface area contributed by atoms with Crippen LogP contribution in [0.15, 0.2) is 0 Å². The van der Waals surface area contributed by atoms with Crippen molar-refractivity contribution in [3.8, 4) is 0 Å². The number of carbonyl (C=O) groups is 4. The molecule has 150 valence electrons. The number of rotatable bonds is 11. The topological polar surface area (TPSA) is 191 Å². The van der Waals surface area contributed by atoms with Gasteiger partial charge in [-0.1, -0.05) is 13.8 Å². The van der Waals surface area contributed by atoms with Crippen molar-refractivity contribution in [2.45, 2.75) is 51.4 Å². The summed E-state index contributed by atoms with van der Waals surface area (Å²) < 4.78 is 0. The highest BCUT2D eigenvalue weighted by molar-refractivity contribution is 5.93. The lowest BCUT2D eigenvalue weighted by molar-refractivity contribution is -0.145. The molecular weight excluding hydrogens is 348 g/mol. The Balaban J connectivity index is 5.17. The smallest absolute Gasteiger partial charge is 0.328 e. The number of carbonyl (C=O) groups excluding carboxylic acids is 3. The van der Waals surface area contributed by atoms with Crippen LogP contribution in [0.25, 0.3) is 0 Å². The Morgan fingerprint density at radius 2 is 1.50 bits per heavy atom. The van der Waals surface area contributed by atoms with Crippen molar-refractivity contribution in [1.29, 1.82) is 0 Å². The summed E-state index contributed by atoms with van der Waals surface area (Å²) in [5.41, 5.74) is 5.13. The van der Waals surface area contributed by atoms with Crippen molar-refractivity contribution in [2.75, 3.05) is 13.2 Å². The molecule has 0 saturated heterocycles. The number of nitrogens with two attached hydrogens (primary N) is 1. The second-order valence-electron chi connectivity index (χ2n) is 6.26. The minimum Gasteiger partial charge on any atom is -0.480 e. The highest BCUT2D eigenvalue weighted by Gasteiger charge is 2.31. The van der Waals surface area contributed by atoms with Gasteiger partial charge in [0, 0.05) is 0 Å². The molecule has 11 heteroatoms. The largest absolute Gasteiger partial charge is 0.480 e. The van der Waals surface area contributed by atoms with E-state index >= 15 is 0 Å². The van der Waals surface area contributed by atoms with Crippen LogP contribution >= 0.6 is 0 Å². The number of hydrogen-bond acceptors (Lipinski definition) is 7. The molecule has 26 heavy (non-hydrogen) atoms. The van der Waals surface area contributed by atoms with E-state index in [4.69, 9.17) is 10.8 Å².